The Morgan fingerprint density at radius 2 is 1.85 bits per heavy atom. The van der Waals surface area contributed by atoms with E-state index in [0.29, 0.717) is 71.6 Å². The molecule has 1 saturated heterocycles. The molecule has 252 valence electrons. The minimum Gasteiger partial charge on any atom is -0.445 e. The van der Waals surface area contributed by atoms with Gasteiger partial charge < -0.3 is 24.8 Å². The number of nitrogens with one attached hydrogen (secondary N) is 2. The molecule has 0 aliphatic carbocycles. The molecule has 0 unspecified atom stereocenters. The summed E-state index contributed by atoms with van der Waals surface area (Å²) in [6.07, 6.45) is -4.66. The zero-order valence-corrected chi connectivity index (χ0v) is 27.4. The van der Waals surface area contributed by atoms with E-state index in [-0.39, 0.29) is 36.6 Å². The van der Waals surface area contributed by atoms with Crippen LogP contribution in [0.5, 0.6) is 0 Å². The van der Waals surface area contributed by atoms with Crippen molar-refractivity contribution in [3.05, 3.63) is 76.3 Å². The van der Waals surface area contributed by atoms with Gasteiger partial charge in [-0.3, -0.25) is 4.79 Å². The highest BCUT2D eigenvalue weighted by Crippen LogP contribution is 2.42. The number of piperazine rings is 1. The molecule has 0 bridgehead atoms. The molecule has 2 aromatic carbocycles. The lowest BCUT2D eigenvalue weighted by molar-refractivity contribution is -0.137. The molecule has 2 amide bonds. The molecular weight excluding hydrogens is 647 g/mol. The predicted molar refractivity (Wildman–Crippen MR) is 173 cm³/mol. The Morgan fingerprint density at radius 1 is 1.06 bits per heavy atom. The third kappa shape index (κ3) is 7.43. The minimum absolute atomic E-state index is 0.0381. The summed E-state index contributed by atoms with van der Waals surface area (Å²) in [5.41, 5.74) is 3.08. The van der Waals surface area contributed by atoms with Gasteiger partial charge in [0.15, 0.2) is 5.82 Å². The van der Waals surface area contributed by atoms with Crippen molar-refractivity contribution in [2.75, 3.05) is 31.1 Å². The van der Waals surface area contributed by atoms with Crippen molar-refractivity contribution in [3.63, 3.8) is 0 Å². The zero-order chi connectivity index (χ0) is 34.0. The number of amides is 2. The van der Waals surface area contributed by atoms with Gasteiger partial charge in [0.05, 0.1) is 11.0 Å². The number of carbonyl (C=O) groups excluding carboxylic acids is 2. The largest absolute Gasteiger partial charge is 0.445 e. The van der Waals surface area contributed by atoms with Crippen LogP contribution in [-0.2, 0) is 35.3 Å². The number of alkyl halides is 3. The van der Waals surface area contributed by atoms with Gasteiger partial charge in [-0.05, 0) is 50.5 Å². The van der Waals surface area contributed by atoms with E-state index >= 15 is 0 Å². The smallest absolute Gasteiger partial charge is 0.443 e. The number of hydrogen-bond donors (Lipinski definition) is 2. The fraction of sp³-hybridized carbons (Fsp3) is 0.375. The normalized spacial score (nSPS) is 15.2. The fourth-order valence-corrected chi connectivity index (χ4v) is 6.62. The van der Waals surface area contributed by atoms with Crippen LogP contribution >= 0.6 is 11.3 Å². The van der Waals surface area contributed by atoms with Crippen molar-refractivity contribution < 1.29 is 27.5 Å². The van der Waals surface area contributed by atoms with E-state index in [1.807, 2.05) is 54.3 Å². The van der Waals surface area contributed by atoms with Crippen LogP contribution in [0.3, 0.4) is 0 Å². The van der Waals surface area contributed by atoms with Gasteiger partial charge in [-0.2, -0.15) is 18.3 Å². The molecule has 6 rings (SSSR count). The number of anilines is 1. The molecule has 0 spiro atoms. The quantitative estimate of drug-likeness (QED) is 0.219. The van der Waals surface area contributed by atoms with Gasteiger partial charge in [-0.25, -0.2) is 24.4 Å². The third-order valence-electron chi connectivity index (χ3n) is 8.00. The highest BCUT2D eigenvalue weighted by atomic mass is 32.1. The number of alkyl carbamates (subject to hydrolysis) is 1. The van der Waals surface area contributed by atoms with Crippen molar-refractivity contribution in [1.29, 1.82) is 0 Å². The summed E-state index contributed by atoms with van der Waals surface area (Å²) in [4.78, 5) is 44.8. The van der Waals surface area contributed by atoms with Crippen LogP contribution < -0.4 is 10.2 Å². The standard InChI is InChI=1S/C32H34F3N9O3S/c1-19-16-42(13-14-43(19)26(45)17-44-21(3)37-20(2)41-44)29-27(40-30(48-29)32(33,34)35)28-38-24-10-9-22(15-25(24)39-28)11-12-36-31(46)47-18-23-7-5-4-6-8-23/h4-10,15,19H,11-14,16-18H2,1-3H3,(H,36,46)(H,38,39)/t19-/m1/s1. The Balaban J connectivity index is 1.14. The first-order valence-electron chi connectivity index (χ1n) is 15.4. The van der Waals surface area contributed by atoms with E-state index in [2.05, 4.69) is 30.4 Å². The summed E-state index contributed by atoms with van der Waals surface area (Å²) in [5.74, 6) is 1.29. The number of carbonyl (C=O) groups is 2. The van der Waals surface area contributed by atoms with Crippen molar-refractivity contribution in [3.8, 4) is 11.5 Å². The molecule has 1 aliphatic heterocycles. The first-order valence-corrected chi connectivity index (χ1v) is 16.2. The number of imidazole rings is 1. The van der Waals surface area contributed by atoms with Gasteiger partial charge in [-0.15, -0.1) is 0 Å². The number of H-pyrrole nitrogens is 1. The maximum Gasteiger partial charge on any atom is 0.443 e. The third-order valence-corrected chi connectivity index (χ3v) is 9.16. The Hall–Kier alpha value is -4.99. The average molecular weight is 682 g/mol. The number of hydrogen-bond acceptors (Lipinski definition) is 9. The monoisotopic (exact) mass is 681 g/mol. The summed E-state index contributed by atoms with van der Waals surface area (Å²) in [7, 11) is 0. The van der Waals surface area contributed by atoms with Gasteiger partial charge in [0.1, 0.15) is 35.5 Å². The number of fused-ring (bicyclic) bond motifs is 1. The van der Waals surface area contributed by atoms with Crippen LogP contribution in [0.25, 0.3) is 22.6 Å². The maximum atomic E-state index is 13.9. The summed E-state index contributed by atoms with van der Waals surface area (Å²) in [5, 5.41) is 6.36. The molecule has 12 nitrogen and oxygen atoms in total. The molecule has 5 aromatic rings. The van der Waals surface area contributed by atoms with E-state index in [4.69, 9.17) is 4.74 Å². The van der Waals surface area contributed by atoms with Crippen molar-refractivity contribution in [2.24, 2.45) is 0 Å². The van der Waals surface area contributed by atoms with E-state index in [9.17, 15) is 22.8 Å². The number of rotatable bonds is 9. The number of benzene rings is 2. The number of aromatic nitrogens is 6. The van der Waals surface area contributed by atoms with Gasteiger partial charge in [0, 0.05) is 32.2 Å². The van der Waals surface area contributed by atoms with Crippen molar-refractivity contribution >= 4 is 39.4 Å². The molecule has 3 aromatic heterocycles. The van der Waals surface area contributed by atoms with E-state index < -0.39 is 17.3 Å². The van der Waals surface area contributed by atoms with E-state index in [1.54, 1.807) is 29.5 Å². The molecule has 1 fully saturated rings. The van der Waals surface area contributed by atoms with Gasteiger partial charge in [0.25, 0.3) is 0 Å². The first-order chi connectivity index (χ1) is 22.9. The van der Waals surface area contributed by atoms with Crippen molar-refractivity contribution in [1.82, 2.24) is 39.9 Å². The van der Waals surface area contributed by atoms with Crippen molar-refractivity contribution in [2.45, 2.75) is 52.6 Å². The van der Waals surface area contributed by atoms with Gasteiger partial charge >= 0.3 is 12.3 Å². The Bertz CT molecular complexity index is 1920. The topological polar surface area (TPSA) is 134 Å². The van der Waals surface area contributed by atoms with Crippen LogP contribution in [0.1, 0.15) is 34.7 Å². The Kier molecular flexibility index (Phi) is 9.35. The molecule has 1 atom stereocenters. The highest BCUT2D eigenvalue weighted by molar-refractivity contribution is 7.16. The second-order valence-corrected chi connectivity index (χ2v) is 12.6. The first kappa shape index (κ1) is 32.9. The summed E-state index contributed by atoms with van der Waals surface area (Å²) in [6, 6.07) is 14.6. The predicted octanol–water partition coefficient (Wildman–Crippen LogP) is 5.12. The SMILES string of the molecule is Cc1nc(C)n(CC(=O)N2CCN(c3sc(C(F)(F)F)nc3-c3nc4ccc(CCNC(=O)OCc5ccccc5)cc4[nH]3)C[C@H]2C)n1. The number of ether oxygens (including phenoxy) is 1. The van der Waals surface area contributed by atoms with Gasteiger partial charge in [-0.1, -0.05) is 47.7 Å². The Morgan fingerprint density at radius 3 is 2.56 bits per heavy atom. The summed E-state index contributed by atoms with van der Waals surface area (Å²) >= 11 is 0.568. The molecular formula is C32H34F3N9O3S. The number of halogens is 3. The van der Waals surface area contributed by atoms with Crippen LogP contribution in [0.15, 0.2) is 48.5 Å². The highest BCUT2D eigenvalue weighted by Gasteiger charge is 2.39. The lowest BCUT2D eigenvalue weighted by atomic mass is 10.1. The Labute approximate surface area is 278 Å². The second kappa shape index (κ2) is 13.6. The number of aryl methyl sites for hydroxylation is 2. The summed E-state index contributed by atoms with van der Waals surface area (Å²) < 4.78 is 48.5. The molecule has 0 saturated carbocycles. The van der Waals surface area contributed by atoms with E-state index in [1.165, 1.54) is 0 Å². The van der Waals surface area contributed by atoms with E-state index in [0.717, 1.165) is 11.1 Å². The van der Waals surface area contributed by atoms with Crippen LogP contribution in [-0.4, -0.2) is 78.8 Å². The number of aromatic amines is 1. The molecule has 1 aliphatic rings. The summed E-state index contributed by atoms with van der Waals surface area (Å²) in [6.45, 7) is 6.90. The lowest BCUT2D eigenvalue weighted by Crippen LogP contribution is -2.54. The molecule has 2 N–H and O–H groups in total. The lowest BCUT2D eigenvalue weighted by Gasteiger charge is -2.40. The van der Waals surface area contributed by atoms with Gasteiger partial charge in [0.2, 0.25) is 10.9 Å². The fourth-order valence-electron chi connectivity index (χ4n) is 5.65. The molecule has 48 heavy (non-hydrogen) atoms. The maximum absolute atomic E-state index is 13.9. The molecule has 16 heteroatoms. The van der Waals surface area contributed by atoms with Crippen LogP contribution in [0, 0.1) is 13.8 Å². The average Bonchev–Trinajstić information content (AvgIpc) is 3.76. The van der Waals surface area contributed by atoms with Crippen LogP contribution in [0.2, 0.25) is 0 Å². The molecule has 4 heterocycles. The number of thiazole rings is 1. The second-order valence-electron chi connectivity index (χ2n) is 11.6. The number of nitrogens with zero attached hydrogens (tertiary/aromatic N) is 7. The van der Waals surface area contributed by atoms with Crippen LogP contribution in [0.4, 0.5) is 23.0 Å². The minimum atomic E-state index is -4.64. The molecule has 0 radical (unpaired) electrons. The zero-order valence-electron chi connectivity index (χ0n) is 26.5.